The second kappa shape index (κ2) is 6.39. The summed E-state index contributed by atoms with van der Waals surface area (Å²) in [6, 6.07) is 2.00. The van der Waals surface area contributed by atoms with Crippen LogP contribution in [-0.2, 0) is 26.1 Å². The second-order valence-electron chi connectivity index (χ2n) is 4.68. The number of aryl methyl sites for hydroxylation is 2. The number of nitrogens with zero attached hydrogens (tertiary/aromatic N) is 3. The fraction of sp³-hybridized carbons (Fsp3) is 0.500. The number of hydrogen-bond donors (Lipinski definition) is 0. The number of furan rings is 1. The molecule has 104 valence electrons. The minimum atomic E-state index is 0.868. The monoisotopic (exact) mass is 325 g/mol. The molecule has 0 atom stereocenters. The van der Waals surface area contributed by atoms with Crippen LogP contribution in [0.4, 0.5) is 0 Å². The Morgan fingerprint density at radius 3 is 2.74 bits per heavy atom. The molecule has 0 bridgehead atoms. The van der Waals surface area contributed by atoms with E-state index in [1.54, 1.807) is 12.5 Å². The zero-order chi connectivity index (χ0) is 13.8. The van der Waals surface area contributed by atoms with Crippen LogP contribution < -0.4 is 0 Å². The molecule has 19 heavy (non-hydrogen) atoms. The van der Waals surface area contributed by atoms with Gasteiger partial charge in [-0.05, 0) is 42.4 Å². The van der Waals surface area contributed by atoms with Crippen LogP contribution in [-0.4, -0.2) is 21.7 Å². The minimum absolute atomic E-state index is 0.868. The summed E-state index contributed by atoms with van der Waals surface area (Å²) in [7, 11) is 2.11. The van der Waals surface area contributed by atoms with E-state index in [9.17, 15) is 0 Å². The Morgan fingerprint density at radius 1 is 1.37 bits per heavy atom. The van der Waals surface area contributed by atoms with Crippen molar-refractivity contribution < 1.29 is 4.42 Å². The molecular formula is C14H20BrN3O. The average Bonchev–Trinajstić information content (AvgIpc) is 2.99. The van der Waals surface area contributed by atoms with Gasteiger partial charge in [-0.15, -0.1) is 0 Å². The highest BCUT2D eigenvalue weighted by Crippen LogP contribution is 2.23. The maximum Gasteiger partial charge on any atom is 0.0947 e. The topological polar surface area (TPSA) is 34.2 Å². The zero-order valence-electron chi connectivity index (χ0n) is 11.7. The molecule has 2 heterocycles. The molecule has 0 saturated heterocycles. The molecule has 4 nitrogen and oxygen atoms in total. The third-order valence-corrected chi connectivity index (χ3v) is 4.06. The van der Waals surface area contributed by atoms with Gasteiger partial charge >= 0.3 is 0 Å². The summed E-state index contributed by atoms with van der Waals surface area (Å²) >= 11 is 3.68. The van der Waals surface area contributed by atoms with Crippen molar-refractivity contribution in [3.05, 3.63) is 40.0 Å². The van der Waals surface area contributed by atoms with Gasteiger partial charge in [-0.3, -0.25) is 9.58 Å². The smallest absolute Gasteiger partial charge is 0.0947 e. The Hall–Kier alpha value is -1.07. The van der Waals surface area contributed by atoms with Gasteiger partial charge < -0.3 is 4.42 Å². The molecule has 0 amide bonds. The van der Waals surface area contributed by atoms with Crippen molar-refractivity contribution in [2.24, 2.45) is 0 Å². The van der Waals surface area contributed by atoms with Crippen LogP contribution in [0.25, 0.3) is 0 Å². The first-order valence-electron chi connectivity index (χ1n) is 6.59. The van der Waals surface area contributed by atoms with E-state index in [1.807, 2.05) is 6.07 Å². The highest BCUT2D eigenvalue weighted by molar-refractivity contribution is 9.10. The molecule has 0 aliphatic carbocycles. The fourth-order valence-electron chi connectivity index (χ4n) is 2.17. The fourth-order valence-corrected chi connectivity index (χ4v) is 2.86. The number of rotatable bonds is 6. The Kier molecular flexibility index (Phi) is 4.82. The molecule has 0 fully saturated rings. The first-order chi connectivity index (χ1) is 9.15. The normalized spacial score (nSPS) is 11.4. The lowest BCUT2D eigenvalue weighted by Crippen LogP contribution is -2.19. The van der Waals surface area contributed by atoms with E-state index in [0.717, 1.165) is 36.2 Å². The third-order valence-electron chi connectivity index (χ3n) is 3.15. The summed E-state index contributed by atoms with van der Waals surface area (Å²) in [6.45, 7) is 6.89. The van der Waals surface area contributed by atoms with Gasteiger partial charge in [-0.25, -0.2) is 0 Å². The van der Waals surface area contributed by atoms with E-state index in [0.29, 0.717) is 0 Å². The van der Waals surface area contributed by atoms with E-state index in [-0.39, 0.29) is 0 Å². The average molecular weight is 326 g/mol. The molecule has 0 radical (unpaired) electrons. The van der Waals surface area contributed by atoms with E-state index >= 15 is 0 Å². The summed E-state index contributed by atoms with van der Waals surface area (Å²) in [5.41, 5.74) is 3.57. The maximum atomic E-state index is 5.10. The van der Waals surface area contributed by atoms with Crippen LogP contribution in [0.1, 0.15) is 30.8 Å². The van der Waals surface area contributed by atoms with Gasteiger partial charge in [0.25, 0.3) is 0 Å². The van der Waals surface area contributed by atoms with Crippen LogP contribution in [0, 0.1) is 0 Å². The van der Waals surface area contributed by atoms with Gasteiger partial charge in [-0.2, -0.15) is 5.10 Å². The largest absolute Gasteiger partial charge is 0.472 e. The molecule has 0 aliphatic rings. The lowest BCUT2D eigenvalue weighted by atomic mass is 10.2. The zero-order valence-corrected chi connectivity index (χ0v) is 13.3. The van der Waals surface area contributed by atoms with Crippen molar-refractivity contribution in [2.75, 3.05) is 7.05 Å². The highest BCUT2D eigenvalue weighted by atomic mass is 79.9. The van der Waals surface area contributed by atoms with E-state index in [4.69, 9.17) is 4.42 Å². The van der Waals surface area contributed by atoms with Gasteiger partial charge in [0.1, 0.15) is 0 Å². The maximum absolute atomic E-state index is 5.10. The standard InChI is InChI=1S/C14H20BrN3O/c1-4-12-14(15)13(18(5-2)16-12)9-17(3)8-11-6-7-19-10-11/h6-7,10H,4-5,8-9H2,1-3H3. The van der Waals surface area contributed by atoms with Crippen molar-refractivity contribution in [1.82, 2.24) is 14.7 Å². The highest BCUT2D eigenvalue weighted by Gasteiger charge is 2.15. The molecule has 2 aromatic rings. The number of hydrogen-bond acceptors (Lipinski definition) is 3. The predicted molar refractivity (Wildman–Crippen MR) is 78.9 cm³/mol. The molecule has 0 aromatic carbocycles. The molecule has 0 saturated carbocycles. The molecule has 0 N–H and O–H groups in total. The van der Waals surface area contributed by atoms with Gasteiger partial charge in [0.15, 0.2) is 0 Å². The summed E-state index contributed by atoms with van der Waals surface area (Å²) in [4.78, 5) is 2.26. The first kappa shape index (κ1) is 14.3. The van der Waals surface area contributed by atoms with Crippen LogP contribution >= 0.6 is 15.9 Å². The third kappa shape index (κ3) is 3.28. The molecule has 0 spiro atoms. The molecule has 0 aliphatic heterocycles. The van der Waals surface area contributed by atoms with Crippen LogP contribution in [0.15, 0.2) is 27.5 Å². The van der Waals surface area contributed by atoms with Crippen molar-refractivity contribution in [3.63, 3.8) is 0 Å². The minimum Gasteiger partial charge on any atom is -0.472 e. The molecule has 0 unspecified atom stereocenters. The lowest BCUT2D eigenvalue weighted by molar-refractivity contribution is 0.305. The molecular weight excluding hydrogens is 306 g/mol. The number of halogens is 1. The van der Waals surface area contributed by atoms with Crippen molar-refractivity contribution >= 4 is 15.9 Å². The van der Waals surface area contributed by atoms with E-state index < -0.39 is 0 Å². The van der Waals surface area contributed by atoms with Crippen molar-refractivity contribution in [3.8, 4) is 0 Å². The lowest BCUT2D eigenvalue weighted by Gasteiger charge is -2.16. The second-order valence-corrected chi connectivity index (χ2v) is 5.47. The Labute approximate surface area is 122 Å². The Balaban J connectivity index is 2.11. The molecule has 2 aromatic heterocycles. The molecule has 2 rings (SSSR count). The Bertz CT molecular complexity index is 519. The summed E-state index contributed by atoms with van der Waals surface area (Å²) < 4.78 is 8.33. The van der Waals surface area contributed by atoms with E-state index in [1.165, 1.54) is 11.3 Å². The van der Waals surface area contributed by atoms with Gasteiger partial charge in [0.2, 0.25) is 0 Å². The summed E-state index contributed by atoms with van der Waals surface area (Å²) in [5, 5.41) is 4.62. The van der Waals surface area contributed by atoms with Crippen LogP contribution in [0.2, 0.25) is 0 Å². The quantitative estimate of drug-likeness (QED) is 0.815. The van der Waals surface area contributed by atoms with Gasteiger partial charge in [0, 0.05) is 25.2 Å². The van der Waals surface area contributed by atoms with Crippen molar-refractivity contribution in [1.29, 1.82) is 0 Å². The summed E-state index contributed by atoms with van der Waals surface area (Å²) in [5.74, 6) is 0. The van der Waals surface area contributed by atoms with Gasteiger partial charge in [-0.1, -0.05) is 6.92 Å². The predicted octanol–water partition coefficient (Wildman–Crippen LogP) is 3.45. The Morgan fingerprint density at radius 2 is 2.16 bits per heavy atom. The summed E-state index contributed by atoms with van der Waals surface area (Å²) in [6.07, 6.45) is 4.46. The van der Waals surface area contributed by atoms with E-state index in [2.05, 4.69) is 51.5 Å². The van der Waals surface area contributed by atoms with Crippen LogP contribution in [0.5, 0.6) is 0 Å². The first-order valence-corrected chi connectivity index (χ1v) is 7.38. The SMILES string of the molecule is CCc1nn(CC)c(CN(C)Cc2ccoc2)c1Br. The van der Waals surface area contributed by atoms with Crippen LogP contribution in [0.3, 0.4) is 0 Å². The number of aromatic nitrogens is 2. The molecule has 5 heteroatoms. The van der Waals surface area contributed by atoms with Crippen molar-refractivity contribution in [2.45, 2.75) is 39.9 Å². The van der Waals surface area contributed by atoms with Gasteiger partial charge in [0.05, 0.1) is 28.4 Å².